The quantitative estimate of drug-likeness (QED) is 0.822. The van der Waals surface area contributed by atoms with Crippen LogP contribution >= 0.6 is 0 Å². The first-order valence-electron chi connectivity index (χ1n) is 8.44. The van der Waals surface area contributed by atoms with E-state index < -0.39 is 5.91 Å². The molecule has 3 rings (SSSR count). The smallest absolute Gasteiger partial charge is 0.267 e. The van der Waals surface area contributed by atoms with Crippen molar-refractivity contribution in [3.05, 3.63) is 54.0 Å². The molecule has 1 aliphatic heterocycles. The molecule has 2 aromatic rings. The highest BCUT2D eigenvalue weighted by Gasteiger charge is 2.19. The third kappa shape index (κ3) is 5.23. The van der Waals surface area contributed by atoms with Gasteiger partial charge in [-0.25, -0.2) is 9.97 Å². The number of anilines is 1. The fourth-order valence-electron chi connectivity index (χ4n) is 2.89. The van der Waals surface area contributed by atoms with Crippen LogP contribution in [0.15, 0.2) is 42.7 Å². The molecule has 1 aromatic heterocycles. The van der Waals surface area contributed by atoms with Crippen molar-refractivity contribution >= 4 is 11.7 Å². The van der Waals surface area contributed by atoms with Crippen molar-refractivity contribution in [3.8, 4) is 0 Å². The van der Waals surface area contributed by atoms with Gasteiger partial charge in [0.2, 0.25) is 0 Å². The Hall–Kier alpha value is -2.51. The Kier molecular flexibility index (Phi) is 5.92. The van der Waals surface area contributed by atoms with Crippen LogP contribution in [0, 0.1) is 0 Å². The molecule has 0 spiro atoms. The number of carbonyl (C=O) groups is 1. The summed E-state index contributed by atoms with van der Waals surface area (Å²) in [7, 11) is 0. The third-order valence-corrected chi connectivity index (χ3v) is 4.11. The van der Waals surface area contributed by atoms with E-state index in [4.69, 9.17) is 10.5 Å². The number of primary amides is 1. The standard InChI is InChI=1S/C18H23N5O2/c19-18(24)16-9-17(22-13-21-16)20-10-15-12-23(7-4-8-25-15)11-14-5-2-1-3-6-14/h1-3,5-6,9,13,15H,4,7-8,10-12H2,(H2,19,24)(H,20,21,22). The van der Waals surface area contributed by atoms with E-state index in [1.807, 2.05) is 6.07 Å². The van der Waals surface area contributed by atoms with Crippen LogP contribution in [0.2, 0.25) is 0 Å². The number of aromatic nitrogens is 2. The number of nitrogens with one attached hydrogen (secondary N) is 1. The normalized spacial score (nSPS) is 18.5. The van der Waals surface area contributed by atoms with E-state index in [0.717, 1.165) is 32.7 Å². The maximum atomic E-state index is 11.2. The summed E-state index contributed by atoms with van der Waals surface area (Å²) in [5, 5.41) is 3.21. The molecule has 1 amide bonds. The monoisotopic (exact) mass is 341 g/mol. The molecule has 2 heterocycles. The van der Waals surface area contributed by atoms with E-state index in [2.05, 4.69) is 44.5 Å². The zero-order chi connectivity index (χ0) is 17.5. The van der Waals surface area contributed by atoms with E-state index in [-0.39, 0.29) is 11.8 Å². The van der Waals surface area contributed by atoms with Crippen LogP contribution < -0.4 is 11.1 Å². The molecule has 1 atom stereocenters. The second kappa shape index (κ2) is 8.55. The number of nitrogens with two attached hydrogens (primary N) is 1. The Bertz CT molecular complexity index is 695. The summed E-state index contributed by atoms with van der Waals surface area (Å²) in [4.78, 5) is 21.6. The molecule has 0 bridgehead atoms. The topological polar surface area (TPSA) is 93.4 Å². The molecule has 0 radical (unpaired) electrons. The Balaban J connectivity index is 1.56. The van der Waals surface area contributed by atoms with Gasteiger partial charge in [0, 0.05) is 38.9 Å². The molecule has 1 aliphatic rings. The van der Waals surface area contributed by atoms with Crippen molar-refractivity contribution in [2.45, 2.75) is 19.1 Å². The number of rotatable bonds is 6. The molecular formula is C18H23N5O2. The maximum absolute atomic E-state index is 11.2. The van der Waals surface area contributed by atoms with E-state index >= 15 is 0 Å². The molecule has 7 nitrogen and oxygen atoms in total. The summed E-state index contributed by atoms with van der Waals surface area (Å²) in [6, 6.07) is 12.0. The van der Waals surface area contributed by atoms with Gasteiger partial charge in [-0.2, -0.15) is 0 Å². The molecule has 3 N–H and O–H groups in total. The minimum Gasteiger partial charge on any atom is -0.375 e. The molecule has 132 valence electrons. The third-order valence-electron chi connectivity index (χ3n) is 4.11. The lowest BCUT2D eigenvalue weighted by molar-refractivity contribution is 0.0624. The maximum Gasteiger partial charge on any atom is 0.267 e. The Morgan fingerprint density at radius 1 is 1.32 bits per heavy atom. The van der Waals surface area contributed by atoms with Crippen LogP contribution in [0.25, 0.3) is 0 Å². The lowest BCUT2D eigenvalue weighted by Crippen LogP contribution is -2.35. The fourth-order valence-corrected chi connectivity index (χ4v) is 2.89. The Morgan fingerprint density at radius 2 is 2.16 bits per heavy atom. The minimum atomic E-state index is -0.565. The van der Waals surface area contributed by atoms with Gasteiger partial charge in [-0.05, 0) is 12.0 Å². The van der Waals surface area contributed by atoms with Crippen molar-refractivity contribution in [2.75, 3.05) is 31.6 Å². The van der Waals surface area contributed by atoms with Crippen LogP contribution in [0.3, 0.4) is 0 Å². The van der Waals surface area contributed by atoms with Gasteiger partial charge in [0.1, 0.15) is 17.8 Å². The molecule has 25 heavy (non-hydrogen) atoms. The summed E-state index contributed by atoms with van der Waals surface area (Å²) < 4.78 is 5.93. The molecular weight excluding hydrogens is 318 g/mol. The van der Waals surface area contributed by atoms with Crippen LogP contribution in [-0.4, -0.2) is 53.1 Å². The van der Waals surface area contributed by atoms with Crippen molar-refractivity contribution in [1.29, 1.82) is 0 Å². The predicted molar refractivity (Wildman–Crippen MR) is 95.1 cm³/mol. The van der Waals surface area contributed by atoms with Crippen LogP contribution in [-0.2, 0) is 11.3 Å². The lowest BCUT2D eigenvalue weighted by Gasteiger charge is -2.24. The molecule has 1 saturated heterocycles. The zero-order valence-corrected chi connectivity index (χ0v) is 14.1. The number of carbonyl (C=O) groups excluding carboxylic acids is 1. The van der Waals surface area contributed by atoms with E-state index in [9.17, 15) is 4.79 Å². The minimum absolute atomic E-state index is 0.0539. The van der Waals surface area contributed by atoms with Gasteiger partial charge in [-0.1, -0.05) is 30.3 Å². The van der Waals surface area contributed by atoms with Crippen molar-refractivity contribution in [1.82, 2.24) is 14.9 Å². The molecule has 1 aromatic carbocycles. The highest BCUT2D eigenvalue weighted by Crippen LogP contribution is 2.12. The van der Waals surface area contributed by atoms with Gasteiger partial charge >= 0.3 is 0 Å². The molecule has 7 heteroatoms. The van der Waals surface area contributed by atoms with Gasteiger partial charge in [0.05, 0.1) is 6.10 Å². The van der Waals surface area contributed by atoms with Gasteiger partial charge < -0.3 is 15.8 Å². The lowest BCUT2D eigenvalue weighted by atomic mass is 10.2. The molecule has 1 unspecified atom stereocenters. The molecule has 1 fully saturated rings. The average molecular weight is 341 g/mol. The number of hydrogen-bond acceptors (Lipinski definition) is 6. The summed E-state index contributed by atoms with van der Waals surface area (Å²) in [6.07, 6.45) is 2.40. The van der Waals surface area contributed by atoms with Crippen LogP contribution in [0.1, 0.15) is 22.5 Å². The van der Waals surface area contributed by atoms with Crippen molar-refractivity contribution in [2.24, 2.45) is 5.73 Å². The SMILES string of the molecule is NC(=O)c1cc(NCC2CN(Cc3ccccc3)CCCO2)ncn1. The summed E-state index contributed by atoms with van der Waals surface area (Å²) >= 11 is 0. The first-order valence-corrected chi connectivity index (χ1v) is 8.44. The average Bonchev–Trinajstić information content (AvgIpc) is 2.86. The summed E-state index contributed by atoms with van der Waals surface area (Å²) in [5.41, 5.74) is 6.75. The second-order valence-corrected chi connectivity index (χ2v) is 6.10. The molecule has 0 saturated carbocycles. The number of nitrogens with zero attached hydrogens (tertiary/aromatic N) is 3. The first-order chi connectivity index (χ1) is 12.2. The van der Waals surface area contributed by atoms with Crippen LogP contribution in [0.4, 0.5) is 5.82 Å². The van der Waals surface area contributed by atoms with Gasteiger partial charge in [0.15, 0.2) is 0 Å². The fraction of sp³-hybridized carbons (Fsp3) is 0.389. The Morgan fingerprint density at radius 3 is 2.96 bits per heavy atom. The van der Waals surface area contributed by atoms with Crippen LogP contribution in [0.5, 0.6) is 0 Å². The summed E-state index contributed by atoms with van der Waals surface area (Å²) in [6.45, 7) is 4.13. The Labute approximate surface area is 147 Å². The predicted octanol–water partition coefficient (Wildman–Crippen LogP) is 1.28. The van der Waals surface area contributed by atoms with Gasteiger partial charge in [0.25, 0.3) is 5.91 Å². The van der Waals surface area contributed by atoms with E-state index in [0.29, 0.717) is 12.4 Å². The number of benzene rings is 1. The molecule has 0 aliphatic carbocycles. The summed E-state index contributed by atoms with van der Waals surface area (Å²) in [5.74, 6) is 0.0106. The number of hydrogen-bond donors (Lipinski definition) is 2. The highest BCUT2D eigenvalue weighted by molar-refractivity contribution is 5.91. The van der Waals surface area contributed by atoms with E-state index in [1.54, 1.807) is 6.07 Å². The van der Waals surface area contributed by atoms with Gasteiger partial charge in [-0.3, -0.25) is 9.69 Å². The van der Waals surface area contributed by atoms with E-state index in [1.165, 1.54) is 11.9 Å². The number of amides is 1. The largest absolute Gasteiger partial charge is 0.375 e. The van der Waals surface area contributed by atoms with Crippen molar-refractivity contribution < 1.29 is 9.53 Å². The highest BCUT2D eigenvalue weighted by atomic mass is 16.5. The first kappa shape index (κ1) is 17.3. The van der Waals surface area contributed by atoms with Crippen molar-refractivity contribution in [3.63, 3.8) is 0 Å². The second-order valence-electron chi connectivity index (χ2n) is 6.10. The van der Waals surface area contributed by atoms with Gasteiger partial charge in [-0.15, -0.1) is 0 Å². The number of ether oxygens (including phenoxy) is 1. The zero-order valence-electron chi connectivity index (χ0n) is 14.1.